The van der Waals surface area contributed by atoms with E-state index in [4.69, 9.17) is 21.3 Å². The van der Waals surface area contributed by atoms with Crippen molar-refractivity contribution in [2.24, 2.45) is 5.92 Å². The number of nitriles is 1. The van der Waals surface area contributed by atoms with Crippen molar-refractivity contribution in [3.8, 4) is 6.07 Å². The number of aryl methyl sites for hydroxylation is 1. The first-order chi connectivity index (χ1) is 15.4. The molecule has 1 aliphatic carbocycles. The molecule has 1 aromatic carbocycles. The average molecular weight is 455 g/mol. The molecule has 0 saturated carbocycles. The number of halogens is 1. The highest BCUT2D eigenvalue weighted by Crippen LogP contribution is 2.35. The number of pyridine rings is 1. The standard InChI is InChI=1S/C24H27ClN4O3/c1-3-10-32-24(31)28-8-9-29(15(2)14-28)23(30)17-5-6-18-21(12-17)27-20-7-4-16(13-26)11-19(20)22(18)25/h5-6,12,15-16H,3-4,7-11,14H2,1-2H3. The Morgan fingerprint density at radius 1 is 1.34 bits per heavy atom. The minimum atomic E-state index is -0.321. The highest BCUT2D eigenvalue weighted by atomic mass is 35.5. The van der Waals surface area contributed by atoms with Crippen molar-refractivity contribution in [3.05, 3.63) is 40.0 Å². The number of carbonyl (C=O) groups is 2. The van der Waals surface area contributed by atoms with Gasteiger partial charge in [-0.15, -0.1) is 0 Å². The number of aromatic nitrogens is 1. The Morgan fingerprint density at radius 2 is 2.16 bits per heavy atom. The van der Waals surface area contributed by atoms with Gasteiger partial charge in [-0.1, -0.05) is 24.6 Å². The van der Waals surface area contributed by atoms with E-state index in [-0.39, 0.29) is 24.0 Å². The minimum Gasteiger partial charge on any atom is -0.449 e. The molecule has 2 atom stereocenters. The maximum absolute atomic E-state index is 13.3. The Kier molecular flexibility index (Phi) is 6.52. The van der Waals surface area contributed by atoms with Gasteiger partial charge in [0.15, 0.2) is 0 Å². The van der Waals surface area contributed by atoms with E-state index in [1.807, 2.05) is 19.9 Å². The van der Waals surface area contributed by atoms with E-state index < -0.39 is 0 Å². The molecule has 2 heterocycles. The number of amides is 2. The number of hydrogen-bond donors (Lipinski definition) is 0. The summed E-state index contributed by atoms with van der Waals surface area (Å²) in [6.45, 7) is 5.64. The molecule has 1 aliphatic heterocycles. The van der Waals surface area contributed by atoms with Crippen LogP contribution in [-0.4, -0.2) is 59.1 Å². The molecule has 0 spiro atoms. The minimum absolute atomic E-state index is 0.0282. The molecule has 168 valence electrons. The van der Waals surface area contributed by atoms with Gasteiger partial charge < -0.3 is 14.5 Å². The molecule has 4 rings (SSSR count). The second kappa shape index (κ2) is 9.33. The molecule has 2 amide bonds. The van der Waals surface area contributed by atoms with Crippen molar-refractivity contribution in [1.29, 1.82) is 5.26 Å². The van der Waals surface area contributed by atoms with Gasteiger partial charge >= 0.3 is 6.09 Å². The molecule has 2 unspecified atom stereocenters. The van der Waals surface area contributed by atoms with Gasteiger partial charge in [0.05, 0.1) is 29.1 Å². The van der Waals surface area contributed by atoms with Crippen LogP contribution in [0.2, 0.25) is 5.02 Å². The highest BCUT2D eigenvalue weighted by molar-refractivity contribution is 6.36. The van der Waals surface area contributed by atoms with Gasteiger partial charge in [-0.3, -0.25) is 9.78 Å². The van der Waals surface area contributed by atoms with E-state index in [0.29, 0.717) is 55.2 Å². The van der Waals surface area contributed by atoms with Gasteiger partial charge in [-0.25, -0.2) is 4.79 Å². The van der Waals surface area contributed by atoms with Crippen LogP contribution in [0.15, 0.2) is 18.2 Å². The van der Waals surface area contributed by atoms with Crippen molar-refractivity contribution >= 4 is 34.5 Å². The summed E-state index contributed by atoms with van der Waals surface area (Å²) in [7, 11) is 0. The van der Waals surface area contributed by atoms with Gasteiger partial charge in [0, 0.05) is 42.3 Å². The summed E-state index contributed by atoms with van der Waals surface area (Å²) in [5.41, 5.74) is 3.13. The third-order valence-electron chi connectivity index (χ3n) is 6.29. The number of fused-ring (bicyclic) bond motifs is 2. The van der Waals surface area contributed by atoms with Crippen LogP contribution in [0, 0.1) is 17.2 Å². The molecule has 1 fully saturated rings. The maximum Gasteiger partial charge on any atom is 0.409 e. The van der Waals surface area contributed by atoms with Crippen LogP contribution in [0.4, 0.5) is 4.79 Å². The summed E-state index contributed by atoms with van der Waals surface area (Å²) in [6.07, 6.45) is 2.57. The van der Waals surface area contributed by atoms with E-state index >= 15 is 0 Å². The number of nitrogens with zero attached hydrogens (tertiary/aromatic N) is 4. The van der Waals surface area contributed by atoms with Crippen LogP contribution in [0.25, 0.3) is 10.9 Å². The molecular formula is C24H27ClN4O3. The molecule has 0 bridgehead atoms. The second-order valence-electron chi connectivity index (χ2n) is 8.56. The number of carbonyl (C=O) groups excluding carboxylic acids is 2. The Hall–Kier alpha value is -2.85. The smallest absolute Gasteiger partial charge is 0.409 e. The van der Waals surface area contributed by atoms with E-state index in [9.17, 15) is 14.9 Å². The lowest BCUT2D eigenvalue weighted by Crippen LogP contribution is -2.55. The fourth-order valence-electron chi connectivity index (χ4n) is 4.50. The highest BCUT2D eigenvalue weighted by Gasteiger charge is 2.31. The molecule has 0 radical (unpaired) electrons. The fraction of sp³-hybridized carbons (Fsp3) is 0.500. The lowest BCUT2D eigenvalue weighted by Gasteiger charge is -2.39. The third-order valence-corrected chi connectivity index (χ3v) is 6.72. The SMILES string of the molecule is CCCOC(=O)N1CCN(C(=O)c2ccc3c(Cl)c4c(nc3c2)CCC(C#N)C4)C(C)C1. The Labute approximate surface area is 192 Å². The number of benzene rings is 1. The van der Waals surface area contributed by atoms with Crippen LogP contribution in [0.5, 0.6) is 0 Å². The van der Waals surface area contributed by atoms with Crippen molar-refractivity contribution in [2.75, 3.05) is 26.2 Å². The number of hydrogen-bond acceptors (Lipinski definition) is 5. The Balaban J connectivity index is 1.53. The summed E-state index contributed by atoms with van der Waals surface area (Å²) >= 11 is 6.67. The van der Waals surface area contributed by atoms with Gasteiger partial charge in [0.2, 0.25) is 0 Å². The average Bonchev–Trinajstić information content (AvgIpc) is 2.81. The van der Waals surface area contributed by atoms with E-state index in [1.165, 1.54) is 0 Å². The summed E-state index contributed by atoms with van der Waals surface area (Å²) in [6, 6.07) is 7.64. The lowest BCUT2D eigenvalue weighted by atomic mass is 9.86. The van der Waals surface area contributed by atoms with Gasteiger partial charge in [-0.05, 0) is 50.3 Å². The molecule has 1 saturated heterocycles. The predicted molar refractivity (Wildman–Crippen MR) is 122 cm³/mol. The normalized spacial score (nSPS) is 20.6. The third kappa shape index (κ3) is 4.24. The first kappa shape index (κ1) is 22.3. The topological polar surface area (TPSA) is 86.5 Å². The molecule has 7 nitrogen and oxygen atoms in total. The molecular weight excluding hydrogens is 428 g/mol. The Bertz CT molecular complexity index is 1100. The fourth-order valence-corrected chi connectivity index (χ4v) is 4.85. The first-order valence-corrected chi connectivity index (χ1v) is 11.5. The molecule has 2 aromatic rings. The zero-order chi connectivity index (χ0) is 22.8. The summed E-state index contributed by atoms with van der Waals surface area (Å²) in [5, 5.41) is 10.7. The lowest BCUT2D eigenvalue weighted by molar-refractivity contribution is 0.0414. The summed E-state index contributed by atoms with van der Waals surface area (Å²) in [5.74, 6) is -0.110. The molecule has 0 N–H and O–H groups in total. The van der Waals surface area contributed by atoms with Gasteiger partial charge in [0.25, 0.3) is 5.91 Å². The van der Waals surface area contributed by atoms with Crippen LogP contribution >= 0.6 is 11.6 Å². The van der Waals surface area contributed by atoms with Crippen molar-refractivity contribution in [1.82, 2.24) is 14.8 Å². The molecule has 2 aliphatic rings. The van der Waals surface area contributed by atoms with E-state index in [2.05, 4.69) is 6.07 Å². The van der Waals surface area contributed by atoms with Crippen LogP contribution in [0.3, 0.4) is 0 Å². The van der Waals surface area contributed by atoms with Crippen LogP contribution < -0.4 is 0 Å². The van der Waals surface area contributed by atoms with E-state index in [0.717, 1.165) is 29.5 Å². The monoisotopic (exact) mass is 454 g/mol. The largest absolute Gasteiger partial charge is 0.449 e. The Morgan fingerprint density at radius 3 is 2.88 bits per heavy atom. The number of piperazine rings is 1. The number of rotatable bonds is 3. The quantitative estimate of drug-likeness (QED) is 0.693. The number of ether oxygens (including phenoxy) is 1. The summed E-state index contributed by atoms with van der Waals surface area (Å²) < 4.78 is 5.22. The van der Waals surface area contributed by atoms with Crippen molar-refractivity contribution < 1.29 is 14.3 Å². The second-order valence-corrected chi connectivity index (χ2v) is 8.94. The molecule has 32 heavy (non-hydrogen) atoms. The van der Waals surface area contributed by atoms with Gasteiger partial charge in [0.1, 0.15) is 0 Å². The maximum atomic E-state index is 13.3. The zero-order valence-corrected chi connectivity index (χ0v) is 19.2. The van der Waals surface area contributed by atoms with E-state index in [1.54, 1.807) is 21.9 Å². The van der Waals surface area contributed by atoms with Crippen molar-refractivity contribution in [3.63, 3.8) is 0 Å². The van der Waals surface area contributed by atoms with Gasteiger partial charge in [-0.2, -0.15) is 5.26 Å². The predicted octanol–water partition coefficient (Wildman–Crippen LogP) is 4.21. The first-order valence-electron chi connectivity index (χ1n) is 11.2. The summed E-state index contributed by atoms with van der Waals surface area (Å²) in [4.78, 5) is 33.6. The molecule has 1 aromatic heterocycles. The van der Waals surface area contributed by atoms with Crippen molar-refractivity contribution in [2.45, 2.75) is 45.6 Å². The van der Waals surface area contributed by atoms with Crippen LogP contribution in [0.1, 0.15) is 48.3 Å². The molecule has 8 heteroatoms. The van der Waals surface area contributed by atoms with Crippen LogP contribution in [-0.2, 0) is 17.6 Å². The zero-order valence-electron chi connectivity index (χ0n) is 18.4.